The van der Waals surface area contributed by atoms with Crippen LogP contribution >= 0.6 is 0 Å². The molecule has 1 atom stereocenters. The maximum atomic E-state index is 11.3. The first-order valence-corrected chi connectivity index (χ1v) is 3.99. The van der Waals surface area contributed by atoms with E-state index >= 15 is 0 Å². The zero-order valence-corrected chi connectivity index (χ0v) is 7.89. The van der Waals surface area contributed by atoms with Crippen molar-refractivity contribution in [2.45, 2.75) is 19.4 Å². The quantitative estimate of drug-likeness (QED) is 0.462. The van der Waals surface area contributed by atoms with Crippen LogP contribution in [0.5, 0.6) is 0 Å². The van der Waals surface area contributed by atoms with Crippen LogP contribution in [0, 0.1) is 0 Å². The van der Waals surface area contributed by atoms with Gasteiger partial charge in [-0.25, -0.2) is 0 Å². The van der Waals surface area contributed by atoms with Crippen molar-refractivity contribution in [1.82, 2.24) is 4.90 Å². The van der Waals surface area contributed by atoms with E-state index in [0.29, 0.717) is 12.1 Å². The summed E-state index contributed by atoms with van der Waals surface area (Å²) in [5.74, 6) is -0.00766. The predicted octanol–water partition coefficient (Wildman–Crippen LogP) is 0.810. The van der Waals surface area contributed by atoms with Crippen LogP contribution in [0.15, 0.2) is 12.2 Å². The maximum absolute atomic E-state index is 11.3. The van der Waals surface area contributed by atoms with Gasteiger partial charge in [0.25, 0.3) is 0 Å². The smallest absolute Gasteiger partial charge is 0.248 e. The zero-order chi connectivity index (χ0) is 9.35. The molecular weight excluding hydrogens is 154 g/mol. The average Bonchev–Trinajstić information content (AvgIpc) is 2.66. The fourth-order valence-electron chi connectivity index (χ4n) is 1.11. The Bertz CT molecular complexity index is 219. The topological polar surface area (TPSA) is 32.8 Å². The highest BCUT2D eigenvalue weighted by molar-refractivity contribution is 5.92. The Balaban J connectivity index is 2.42. The third-order valence-corrected chi connectivity index (χ3v) is 1.92. The Morgan fingerprint density at radius 3 is 2.58 bits per heavy atom. The van der Waals surface area contributed by atoms with Crippen molar-refractivity contribution in [3.8, 4) is 0 Å². The molecule has 3 heteroatoms. The number of nitrogens with zero attached hydrogens (tertiary/aromatic N) is 1. The molecule has 3 nitrogen and oxygen atoms in total. The number of hydrogen-bond acceptors (Lipinski definition) is 2. The lowest BCUT2D eigenvalue weighted by Crippen LogP contribution is -2.35. The molecular formula is C9H15NO2. The summed E-state index contributed by atoms with van der Waals surface area (Å²) in [5, 5.41) is 0. The first-order valence-electron chi connectivity index (χ1n) is 3.99. The summed E-state index contributed by atoms with van der Waals surface area (Å²) >= 11 is 0. The number of rotatable bonds is 3. The van der Waals surface area contributed by atoms with Gasteiger partial charge in [0, 0.05) is 12.6 Å². The van der Waals surface area contributed by atoms with E-state index in [-0.39, 0.29) is 11.5 Å². The fourth-order valence-corrected chi connectivity index (χ4v) is 1.11. The minimum absolute atomic E-state index is 0.00766. The Morgan fingerprint density at radius 1 is 1.75 bits per heavy atom. The Labute approximate surface area is 73.0 Å². The molecule has 0 radical (unpaired) electrons. The van der Waals surface area contributed by atoms with Gasteiger partial charge in [-0.05, 0) is 13.8 Å². The van der Waals surface area contributed by atoms with Crippen molar-refractivity contribution in [2.24, 2.45) is 0 Å². The van der Waals surface area contributed by atoms with E-state index in [9.17, 15) is 4.79 Å². The van der Waals surface area contributed by atoms with Gasteiger partial charge in [-0.3, -0.25) is 4.79 Å². The monoisotopic (exact) mass is 169 g/mol. The number of ether oxygens (including phenoxy) is 1. The van der Waals surface area contributed by atoms with Gasteiger partial charge in [-0.2, -0.15) is 0 Å². The zero-order valence-electron chi connectivity index (χ0n) is 7.89. The van der Waals surface area contributed by atoms with E-state index in [1.807, 2.05) is 6.92 Å². The van der Waals surface area contributed by atoms with Crippen LogP contribution in [0.4, 0.5) is 0 Å². The lowest BCUT2D eigenvalue weighted by molar-refractivity contribution is -0.126. The van der Waals surface area contributed by atoms with Gasteiger partial charge in [0.05, 0.1) is 13.2 Å². The first kappa shape index (κ1) is 9.26. The molecule has 0 aromatic heterocycles. The normalized spacial score (nSPS) is 26.6. The highest BCUT2D eigenvalue weighted by atomic mass is 16.6. The molecule has 1 saturated heterocycles. The second-order valence-corrected chi connectivity index (χ2v) is 3.68. The van der Waals surface area contributed by atoms with Crippen LogP contribution in [0.1, 0.15) is 13.8 Å². The summed E-state index contributed by atoms with van der Waals surface area (Å²) in [5.41, 5.74) is 0.474. The summed E-state index contributed by atoms with van der Waals surface area (Å²) in [6.45, 7) is 8.71. The van der Waals surface area contributed by atoms with Crippen LogP contribution in [0.2, 0.25) is 0 Å². The van der Waals surface area contributed by atoms with Crippen molar-refractivity contribution < 1.29 is 9.53 Å². The molecule has 0 spiro atoms. The first-order chi connectivity index (χ1) is 5.44. The van der Waals surface area contributed by atoms with Gasteiger partial charge in [-0.1, -0.05) is 6.58 Å². The third kappa shape index (κ3) is 2.08. The summed E-state index contributed by atoms with van der Waals surface area (Å²) in [4.78, 5) is 13.0. The number of likely N-dealkylation sites (N-methyl/N-ethyl adjacent to an activating group) is 1. The van der Waals surface area contributed by atoms with E-state index in [4.69, 9.17) is 4.74 Å². The molecule has 1 aliphatic heterocycles. The van der Waals surface area contributed by atoms with Crippen molar-refractivity contribution in [3.05, 3.63) is 12.2 Å². The molecule has 0 N–H and O–H groups in total. The molecule has 1 unspecified atom stereocenters. The number of amides is 1. The number of carbonyl (C=O) groups excluding carboxylic acids is 1. The molecule has 0 saturated carbocycles. The molecule has 1 aliphatic rings. The van der Waals surface area contributed by atoms with Crippen LogP contribution in [0.3, 0.4) is 0 Å². The van der Waals surface area contributed by atoms with E-state index in [0.717, 1.165) is 6.61 Å². The third-order valence-electron chi connectivity index (χ3n) is 1.92. The van der Waals surface area contributed by atoms with Gasteiger partial charge in [0.15, 0.2) is 0 Å². The Hall–Kier alpha value is -0.830. The molecule has 1 heterocycles. The lowest BCUT2D eigenvalue weighted by Gasteiger charge is -2.19. The van der Waals surface area contributed by atoms with Crippen LogP contribution in [0.25, 0.3) is 0 Å². The van der Waals surface area contributed by atoms with Crippen molar-refractivity contribution >= 4 is 5.91 Å². The predicted molar refractivity (Wildman–Crippen MR) is 46.8 cm³/mol. The molecule has 1 fully saturated rings. The van der Waals surface area contributed by atoms with Crippen LogP contribution in [-0.4, -0.2) is 36.6 Å². The molecule has 1 rings (SSSR count). The average molecular weight is 169 g/mol. The Kier molecular flexibility index (Phi) is 2.24. The van der Waals surface area contributed by atoms with Crippen LogP contribution in [-0.2, 0) is 9.53 Å². The van der Waals surface area contributed by atoms with Gasteiger partial charge < -0.3 is 9.64 Å². The fraction of sp³-hybridized carbons (Fsp3) is 0.667. The number of carbonyl (C=O) groups is 1. The summed E-state index contributed by atoms with van der Waals surface area (Å²) in [6.07, 6.45) is 0. The van der Waals surface area contributed by atoms with Gasteiger partial charge >= 0.3 is 0 Å². The van der Waals surface area contributed by atoms with Crippen LogP contribution < -0.4 is 0 Å². The SMILES string of the molecule is C=C(C)C(=O)N(C)CC1(C)CO1. The van der Waals surface area contributed by atoms with Gasteiger partial charge in [-0.15, -0.1) is 0 Å². The standard InChI is InChI=1S/C9H15NO2/c1-7(2)8(11)10(4)5-9(3)6-12-9/h1,5-6H2,2-4H3. The Morgan fingerprint density at radius 2 is 2.25 bits per heavy atom. The minimum Gasteiger partial charge on any atom is -0.368 e. The van der Waals surface area contributed by atoms with Crippen molar-refractivity contribution in [1.29, 1.82) is 0 Å². The molecule has 0 aliphatic carbocycles. The van der Waals surface area contributed by atoms with E-state index in [1.54, 1.807) is 18.9 Å². The molecule has 68 valence electrons. The molecule has 1 amide bonds. The van der Waals surface area contributed by atoms with Gasteiger partial charge in [0.2, 0.25) is 5.91 Å². The highest BCUT2D eigenvalue weighted by Gasteiger charge is 2.41. The molecule has 0 bridgehead atoms. The summed E-state index contributed by atoms with van der Waals surface area (Å²) in [6, 6.07) is 0. The van der Waals surface area contributed by atoms with E-state index < -0.39 is 0 Å². The molecule has 0 aromatic rings. The largest absolute Gasteiger partial charge is 0.368 e. The molecule has 0 aromatic carbocycles. The van der Waals surface area contributed by atoms with Crippen molar-refractivity contribution in [3.63, 3.8) is 0 Å². The summed E-state index contributed by atoms with van der Waals surface area (Å²) in [7, 11) is 1.77. The summed E-state index contributed by atoms with van der Waals surface area (Å²) < 4.78 is 5.17. The van der Waals surface area contributed by atoms with Gasteiger partial charge in [0.1, 0.15) is 5.60 Å². The van der Waals surface area contributed by atoms with E-state index in [1.165, 1.54) is 0 Å². The highest BCUT2D eigenvalue weighted by Crippen LogP contribution is 2.26. The lowest BCUT2D eigenvalue weighted by atomic mass is 10.2. The number of epoxide rings is 1. The van der Waals surface area contributed by atoms with Crippen molar-refractivity contribution in [2.75, 3.05) is 20.2 Å². The van der Waals surface area contributed by atoms with E-state index in [2.05, 4.69) is 6.58 Å². The second kappa shape index (κ2) is 2.90. The molecule has 12 heavy (non-hydrogen) atoms. The number of hydrogen-bond donors (Lipinski definition) is 0. The second-order valence-electron chi connectivity index (χ2n) is 3.68. The minimum atomic E-state index is -0.0974. The maximum Gasteiger partial charge on any atom is 0.248 e.